The monoisotopic (exact) mass is 406 g/mol. The van der Waals surface area contributed by atoms with E-state index in [0.717, 1.165) is 35.3 Å². The first-order valence-electron chi connectivity index (χ1n) is 10.3. The van der Waals surface area contributed by atoms with Crippen molar-refractivity contribution >= 4 is 5.78 Å². The third kappa shape index (κ3) is 4.93. The number of rotatable bonds is 6. The maximum Gasteiger partial charge on any atom is 0.170 e. The number of hydrogen-bond donors (Lipinski definition) is 1. The van der Waals surface area contributed by atoms with Gasteiger partial charge in [0, 0.05) is 6.07 Å². The average molecular weight is 407 g/mol. The number of carbonyl (C=O) groups excluding carboxylic acids is 1. The third-order valence-electron chi connectivity index (χ3n) is 5.21. The van der Waals surface area contributed by atoms with Gasteiger partial charge in [0.25, 0.3) is 0 Å². The number of aromatic hydroxyl groups is 1. The summed E-state index contributed by atoms with van der Waals surface area (Å²) < 4.78 is 11.9. The number of methoxy groups -OCH3 is 1. The molecule has 1 atom stereocenters. The lowest BCUT2D eigenvalue weighted by atomic mass is 9.91. The minimum atomic E-state index is -0.395. The van der Waals surface area contributed by atoms with Crippen LogP contribution in [0.15, 0.2) is 53.6 Å². The van der Waals surface area contributed by atoms with Crippen LogP contribution in [-0.2, 0) is 12.8 Å². The minimum Gasteiger partial charge on any atom is -0.508 e. The van der Waals surface area contributed by atoms with Crippen LogP contribution >= 0.6 is 0 Å². The van der Waals surface area contributed by atoms with Crippen LogP contribution in [0.3, 0.4) is 0 Å². The molecule has 0 amide bonds. The standard InChI is InChI=1S/C26H30O4/c1-16(2)6-8-18-12-20(13-19(26(18)29-5)9-7-17(3)4)24-15-23(28)22-11-10-21(27)14-25(22)30-24/h6-7,10-14,24,27H,8-9,15H2,1-5H3/t24-/m1/s1. The fraction of sp³-hybridized carbons (Fsp3) is 0.346. The summed E-state index contributed by atoms with van der Waals surface area (Å²) in [4.78, 5) is 12.7. The van der Waals surface area contributed by atoms with E-state index < -0.39 is 6.10 Å². The first-order valence-corrected chi connectivity index (χ1v) is 10.3. The highest BCUT2D eigenvalue weighted by atomic mass is 16.5. The van der Waals surface area contributed by atoms with Crippen molar-refractivity contribution in [3.05, 3.63) is 75.9 Å². The smallest absolute Gasteiger partial charge is 0.170 e. The summed E-state index contributed by atoms with van der Waals surface area (Å²) >= 11 is 0. The van der Waals surface area contributed by atoms with Crippen LogP contribution in [0, 0.1) is 0 Å². The van der Waals surface area contributed by atoms with Gasteiger partial charge in [0.1, 0.15) is 23.4 Å². The largest absolute Gasteiger partial charge is 0.508 e. The van der Waals surface area contributed by atoms with Gasteiger partial charge in [-0.1, -0.05) is 23.3 Å². The van der Waals surface area contributed by atoms with E-state index in [4.69, 9.17) is 9.47 Å². The van der Waals surface area contributed by atoms with Gasteiger partial charge in [-0.15, -0.1) is 0 Å². The zero-order valence-corrected chi connectivity index (χ0v) is 18.4. The molecule has 0 saturated carbocycles. The second-order valence-electron chi connectivity index (χ2n) is 8.26. The van der Waals surface area contributed by atoms with Crippen molar-refractivity contribution in [2.75, 3.05) is 7.11 Å². The topological polar surface area (TPSA) is 55.8 Å². The number of phenolic OH excluding ortho intramolecular Hbond substituents is 1. The second-order valence-corrected chi connectivity index (χ2v) is 8.26. The van der Waals surface area contributed by atoms with Gasteiger partial charge in [0.2, 0.25) is 0 Å². The molecule has 4 heteroatoms. The molecule has 0 radical (unpaired) electrons. The number of benzene rings is 2. The van der Waals surface area contributed by atoms with Crippen molar-refractivity contribution in [3.63, 3.8) is 0 Å². The van der Waals surface area contributed by atoms with Crippen molar-refractivity contribution in [2.24, 2.45) is 0 Å². The highest BCUT2D eigenvalue weighted by Gasteiger charge is 2.29. The zero-order valence-electron chi connectivity index (χ0n) is 18.4. The average Bonchev–Trinajstić information content (AvgIpc) is 2.69. The summed E-state index contributed by atoms with van der Waals surface area (Å²) in [6.45, 7) is 8.30. The molecule has 0 spiro atoms. The third-order valence-corrected chi connectivity index (χ3v) is 5.21. The lowest BCUT2D eigenvalue weighted by molar-refractivity contribution is 0.0849. The SMILES string of the molecule is COc1c(CC=C(C)C)cc([C@H]2CC(=O)c3ccc(O)cc3O2)cc1CC=C(C)C. The van der Waals surface area contributed by atoms with Crippen molar-refractivity contribution in [1.82, 2.24) is 0 Å². The molecule has 1 aliphatic heterocycles. The zero-order chi connectivity index (χ0) is 21.8. The molecule has 0 aliphatic carbocycles. The highest BCUT2D eigenvalue weighted by Crippen LogP contribution is 2.39. The number of fused-ring (bicyclic) bond motifs is 1. The molecule has 1 N–H and O–H groups in total. The lowest BCUT2D eigenvalue weighted by Gasteiger charge is -2.27. The maximum absolute atomic E-state index is 12.7. The van der Waals surface area contributed by atoms with Crippen molar-refractivity contribution in [1.29, 1.82) is 0 Å². The van der Waals surface area contributed by atoms with E-state index in [-0.39, 0.29) is 18.0 Å². The summed E-state index contributed by atoms with van der Waals surface area (Å²) in [6.07, 6.45) is 5.72. The number of allylic oxidation sites excluding steroid dienone is 4. The van der Waals surface area contributed by atoms with E-state index in [1.807, 2.05) is 0 Å². The van der Waals surface area contributed by atoms with Gasteiger partial charge in [-0.2, -0.15) is 0 Å². The van der Waals surface area contributed by atoms with Gasteiger partial charge < -0.3 is 14.6 Å². The Bertz CT molecular complexity index is 965. The van der Waals surface area contributed by atoms with Crippen LogP contribution in [0.1, 0.15) is 67.3 Å². The molecule has 30 heavy (non-hydrogen) atoms. The van der Waals surface area contributed by atoms with Gasteiger partial charge >= 0.3 is 0 Å². The first-order chi connectivity index (χ1) is 14.3. The molecule has 4 nitrogen and oxygen atoms in total. The van der Waals surface area contributed by atoms with Crippen LogP contribution in [0.25, 0.3) is 0 Å². The van der Waals surface area contributed by atoms with Crippen molar-refractivity contribution in [2.45, 2.75) is 53.1 Å². The van der Waals surface area contributed by atoms with Gasteiger partial charge in [0.05, 0.1) is 19.1 Å². The minimum absolute atomic E-state index is 0.0220. The molecular weight excluding hydrogens is 376 g/mol. The molecule has 158 valence electrons. The van der Waals surface area contributed by atoms with Crippen molar-refractivity contribution < 1.29 is 19.4 Å². The predicted octanol–water partition coefficient (Wildman–Crippen LogP) is 6.12. The molecule has 0 unspecified atom stereocenters. The molecule has 1 aliphatic rings. The van der Waals surface area contributed by atoms with E-state index in [1.165, 1.54) is 23.3 Å². The Hall–Kier alpha value is -3.01. The Kier molecular flexibility index (Phi) is 6.66. The number of hydrogen-bond acceptors (Lipinski definition) is 4. The van der Waals surface area contributed by atoms with Crippen LogP contribution in [-0.4, -0.2) is 18.0 Å². The first kappa shape index (κ1) is 21.7. The number of ketones is 1. The van der Waals surface area contributed by atoms with Crippen LogP contribution in [0.5, 0.6) is 17.2 Å². The molecule has 2 aromatic rings. The maximum atomic E-state index is 12.7. The Morgan fingerprint density at radius 3 is 2.20 bits per heavy atom. The Balaban J connectivity index is 2.06. The Morgan fingerprint density at radius 2 is 1.67 bits per heavy atom. The van der Waals surface area contributed by atoms with Crippen molar-refractivity contribution in [3.8, 4) is 17.2 Å². The lowest BCUT2D eigenvalue weighted by Crippen LogP contribution is -2.20. The van der Waals surface area contributed by atoms with Crippen LogP contribution in [0.4, 0.5) is 0 Å². The van der Waals surface area contributed by atoms with E-state index in [2.05, 4.69) is 52.0 Å². The summed E-state index contributed by atoms with van der Waals surface area (Å²) in [5, 5.41) is 9.81. The fourth-order valence-electron chi connectivity index (χ4n) is 3.66. The van der Waals surface area contributed by atoms with E-state index in [0.29, 0.717) is 11.3 Å². The van der Waals surface area contributed by atoms with E-state index in [1.54, 1.807) is 13.2 Å². The summed E-state index contributed by atoms with van der Waals surface area (Å²) in [6, 6.07) is 8.81. The van der Waals surface area contributed by atoms with Gasteiger partial charge in [-0.25, -0.2) is 0 Å². The van der Waals surface area contributed by atoms with Gasteiger partial charge in [-0.3, -0.25) is 4.79 Å². The summed E-state index contributed by atoms with van der Waals surface area (Å²) in [5.74, 6) is 1.43. The number of carbonyl (C=O) groups is 1. The molecule has 1 heterocycles. The van der Waals surface area contributed by atoms with E-state index in [9.17, 15) is 9.90 Å². The summed E-state index contributed by atoms with van der Waals surface area (Å²) in [7, 11) is 1.70. The molecule has 0 fully saturated rings. The molecule has 2 aromatic carbocycles. The number of Topliss-reactive ketones (excluding diaryl/α,β-unsaturated/α-hetero) is 1. The van der Waals surface area contributed by atoms with E-state index >= 15 is 0 Å². The quantitative estimate of drug-likeness (QED) is 0.587. The second kappa shape index (κ2) is 9.21. The predicted molar refractivity (Wildman–Crippen MR) is 120 cm³/mol. The molecule has 3 rings (SSSR count). The molecular formula is C26H30O4. The highest BCUT2D eigenvalue weighted by molar-refractivity contribution is 6.00. The fourth-order valence-corrected chi connectivity index (χ4v) is 3.66. The molecule has 0 aromatic heterocycles. The molecule has 0 bridgehead atoms. The summed E-state index contributed by atoms with van der Waals surface area (Å²) in [5.41, 5.74) is 6.10. The number of phenols is 1. The van der Waals surface area contributed by atoms with Crippen LogP contribution < -0.4 is 9.47 Å². The normalized spacial score (nSPS) is 15.1. The Morgan fingerprint density at radius 1 is 1.07 bits per heavy atom. The van der Waals surface area contributed by atoms with Gasteiger partial charge in [0.15, 0.2) is 5.78 Å². The number of ether oxygens (including phenoxy) is 2. The molecule has 0 saturated heterocycles. The van der Waals surface area contributed by atoms with Gasteiger partial charge in [-0.05, 0) is 81.5 Å². The van der Waals surface area contributed by atoms with Crippen LogP contribution in [0.2, 0.25) is 0 Å². The Labute approximate surface area is 178 Å².